The fourth-order valence-electron chi connectivity index (χ4n) is 1.88. The van der Waals surface area contributed by atoms with E-state index in [0.717, 1.165) is 24.5 Å². The van der Waals surface area contributed by atoms with Crippen LogP contribution in [0.1, 0.15) is 30.8 Å². The predicted molar refractivity (Wildman–Crippen MR) is 83.0 cm³/mol. The fraction of sp³-hybridized carbons (Fsp3) is 0.571. The lowest BCUT2D eigenvalue weighted by molar-refractivity contribution is 0.0738. The van der Waals surface area contributed by atoms with Crippen LogP contribution in [-0.2, 0) is 0 Å². The second-order valence-electron chi connectivity index (χ2n) is 4.37. The normalized spacial score (nSPS) is 12.0. The van der Waals surface area contributed by atoms with Crippen LogP contribution in [0.25, 0.3) is 0 Å². The molecule has 0 aliphatic carbocycles. The van der Waals surface area contributed by atoms with E-state index in [9.17, 15) is 4.79 Å². The zero-order chi connectivity index (χ0) is 14.3. The zero-order valence-corrected chi connectivity index (χ0v) is 13.0. The third-order valence-electron chi connectivity index (χ3n) is 3.02. The van der Waals surface area contributed by atoms with Crippen molar-refractivity contribution in [3.8, 4) is 0 Å². The standard InChI is InChI=1S/C14H23N3OS/c1-5-11(10-19-4)17(3)14(18)12-8-7-9-13(16-12)15-6-2/h7-9,11H,5-6,10H2,1-4H3,(H,15,16). The number of carbonyl (C=O) groups excluding carboxylic acids is 1. The van der Waals surface area contributed by atoms with E-state index in [1.54, 1.807) is 22.7 Å². The molecule has 0 aromatic carbocycles. The lowest BCUT2D eigenvalue weighted by Crippen LogP contribution is -2.38. The molecule has 19 heavy (non-hydrogen) atoms. The van der Waals surface area contributed by atoms with Crippen molar-refractivity contribution in [3.63, 3.8) is 0 Å². The molecule has 0 radical (unpaired) electrons. The van der Waals surface area contributed by atoms with E-state index >= 15 is 0 Å². The van der Waals surface area contributed by atoms with Crippen molar-refractivity contribution in [1.29, 1.82) is 0 Å². The molecule has 0 aliphatic rings. The van der Waals surface area contributed by atoms with Crippen LogP contribution in [-0.4, -0.2) is 47.4 Å². The van der Waals surface area contributed by atoms with Crippen molar-refractivity contribution >= 4 is 23.5 Å². The minimum absolute atomic E-state index is 0.0133. The number of carbonyl (C=O) groups is 1. The Bertz CT molecular complexity index is 411. The maximum Gasteiger partial charge on any atom is 0.272 e. The first-order valence-corrected chi connectivity index (χ1v) is 8.00. The summed E-state index contributed by atoms with van der Waals surface area (Å²) in [4.78, 5) is 18.6. The number of aromatic nitrogens is 1. The molecule has 1 aromatic rings. The third-order valence-corrected chi connectivity index (χ3v) is 3.74. The molecular formula is C14H23N3OS. The van der Waals surface area contributed by atoms with Gasteiger partial charge in [0.05, 0.1) is 0 Å². The first-order valence-electron chi connectivity index (χ1n) is 6.61. The van der Waals surface area contributed by atoms with Crippen LogP contribution >= 0.6 is 11.8 Å². The van der Waals surface area contributed by atoms with Crippen LogP contribution in [0.5, 0.6) is 0 Å². The van der Waals surface area contributed by atoms with Crippen molar-refractivity contribution in [1.82, 2.24) is 9.88 Å². The highest BCUT2D eigenvalue weighted by Crippen LogP contribution is 2.13. The van der Waals surface area contributed by atoms with E-state index < -0.39 is 0 Å². The summed E-state index contributed by atoms with van der Waals surface area (Å²) < 4.78 is 0. The number of anilines is 1. The highest BCUT2D eigenvalue weighted by Gasteiger charge is 2.20. The van der Waals surface area contributed by atoms with E-state index in [1.165, 1.54) is 0 Å². The molecule has 4 nitrogen and oxygen atoms in total. The molecule has 0 bridgehead atoms. The van der Waals surface area contributed by atoms with Gasteiger partial charge in [-0.2, -0.15) is 11.8 Å². The first-order chi connectivity index (χ1) is 9.13. The molecule has 1 heterocycles. The van der Waals surface area contributed by atoms with Gasteiger partial charge in [-0.3, -0.25) is 4.79 Å². The van der Waals surface area contributed by atoms with Gasteiger partial charge in [-0.25, -0.2) is 4.98 Å². The lowest BCUT2D eigenvalue weighted by atomic mass is 10.2. The highest BCUT2D eigenvalue weighted by molar-refractivity contribution is 7.98. The van der Waals surface area contributed by atoms with Crippen molar-refractivity contribution < 1.29 is 4.79 Å². The summed E-state index contributed by atoms with van der Waals surface area (Å²) >= 11 is 1.76. The van der Waals surface area contributed by atoms with Crippen molar-refractivity contribution in [2.75, 3.05) is 30.9 Å². The van der Waals surface area contributed by atoms with Crippen LogP contribution < -0.4 is 5.32 Å². The molecule has 0 saturated carbocycles. The topological polar surface area (TPSA) is 45.2 Å². The largest absolute Gasteiger partial charge is 0.370 e. The van der Waals surface area contributed by atoms with Gasteiger partial charge < -0.3 is 10.2 Å². The molecule has 5 heteroatoms. The highest BCUT2D eigenvalue weighted by atomic mass is 32.2. The summed E-state index contributed by atoms with van der Waals surface area (Å²) in [6.07, 6.45) is 3.01. The first kappa shape index (κ1) is 15.8. The SMILES string of the molecule is CCNc1cccc(C(=O)N(C)C(CC)CSC)n1. The number of amides is 1. The Morgan fingerprint density at radius 2 is 2.21 bits per heavy atom. The lowest BCUT2D eigenvalue weighted by Gasteiger charge is -2.26. The molecule has 0 saturated heterocycles. The summed E-state index contributed by atoms with van der Waals surface area (Å²) in [5.41, 5.74) is 0.500. The molecule has 1 N–H and O–H groups in total. The molecule has 1 aromatic heterocycles. The average Bonchev–Trinajstić information content (AvgIpc) is 2.44. The van der Waals surface area contributed by atoms with E-state index in [1.807, 2.05) is 26.1 Å². The summed E-state index contributed by atoms with van der Waals surface area (Å²) in [5.74, 6) is 1.69. The zero-order valence-electron chi connectivity index (χ0n) is 12.1. The van der Waals surface area contributed by atoms with Crippen molar-refractivity contribution in [2.24, 2.45) is 0 Å². The van der Waals surface area contributed by atoms with Gasteiger partial charge in [0.1, 0.15) is 11.5 Å². The van der Waals surface area contributed by atoms with E-state index in [2.05, 4.69) is 23.5 Å². The van der Waals surface area contributed by atoms with Gasteiger partial charge in [0.25, 0.3) is 5.91 Å². The maximum absolute atomic E-state index is 12.4. The summed E-state index contributed by atoms with van der Waals surface area (Å²) in [6.45, 7) is 4.91. The van der Waals surface area contributed by atoms with Crippen molar-refractivity contribution in [2.45, 2.75) is 26.3 Å². The average molecular weight is 281 g/mol. The van der Waals surface area contributed by atoms with E-state index in [-0.39, 0.29) is 11.9 Å². The maximum atomic E-state index is 12.4. The smallest absolute Gasteiger partial charge is 0.272 e. The third kappa shape index (κ3) is 4.42. The molecule has 0 fully saturated rings. The second kappa shape index (κ2) is 8.04. The van der Waals surface area contributed by atoms with Gasteiger partial charge in [-0.1, -0.05) is 13.0 Å². The second-order valence-corrected chi connectivity index (χ2v) is 5.28. The van der Waals surface area contributed by atoms with E-state index in [4.69, 9.17) is 0 Å². The number of thioether (sulfide) groups is 1. The van der Waals surface area contributed by atoms with Crippen LogP contribution in [0, 0.1) is 0 Å². The minimum Gasteiger partial charge on any atom is -0.370 e. The Balaban J connectivity index is 2.83. The molecular weight excluding hydrogens is 258 g/mol. The van der Waals surface area contributed by atoms with Crippen LogP contribution in [0.4, 0.5) is 5.82 Å². The van der Waals surface area contributed by atoms with E-state index in [0.29, 0.717) is 5.69 Å². The summed E-state index contributed by atoms with van der Waals surface area (Å²) in [6, 6.07) is 5.76. The Labute approximate surface area is 120 Å². The van der Waals surface area contributed by atoms with Gasteiger partial charge in [0, 0.05) is 25.4 Å². The van der Waals surface area contributed by atoms with Crippen molar-refractivity contribution in [3.05, 3.63) is 23.9 Å². The molecule has 1 unspecified atom stereocenters. The van der Waals surface area contributed by atoms with Crippen LogP contribution in [0.2, 0.25) is 0 Å². The molecule has 0 aliphatic heterocycles. The Kier molecular flexibility index (Phi) is 6.70. The van der Waals surface area contributed by atoms with Gasteiger partial charge in [-0.05, 0) is 31.7 Å². The fourth-order valence-corrected chi connectivity index (χ4v) is 2.72. The number of rotatable bonds is 7. The minimum atomic E-state index is -0.0133. The number of hydrogen-bond donors (Lipinski definition) is 1. The number of pyridine rings is 1. The van der Waals surface area contributed by atoms with Crippen LogP contribution in [0.15, 0.2) is 18.2 Å². The number of nitrogens with one attached hydrogen (secondary N) is 1. The molecule has 1 rings (SSSR count). The van der Waals surface area contributed by atoms with Gasteiger partial charge in [-0.15, -0.1) is 0 Å². The van der Waals surface area contributed by atoms with Gasteiger partial charge in [0.15, 0.2) is 0 Å². The van der Waals surface area contributed by atoms with Gasteiger partial charge in [0.2, 0.25) is 0 Å². The molecule has 0 spiro atoms. The number of nitrogens with zero attached hydrogens (tertiary/aromatic N) is 2. The molecule has 1 atom stereocenters. The quantitative estimate of drug-likeness (QED) is 0.834. The van der Waals surface area contributed by atoms with Crippen LogP contribution in [0.3, 0.4) is 0 Å². The number of hydrogen-bond acceptors (Lipinski definition) is 4. The Morgan fingerprint density at radius 3 is 2.79 bits per heavy atom. The summed E-state index contributed by atoms with van der Waals surface area (Å²) in [5, 5.41) is 3.12. The Hall–Kier alpha value is -1.23. The molecule has 1 amide bonds. The molecule has 106 valence electrons. The van der Waals surface area contributed by atoms with Gasteiger partial charge >= 0.3 is 0 Å². The predicted octanol–water partition coefficient (Wildman–Crippen LogP) is 2.73. The summed E-state index contributed by atoms with van der Waals surface area (Å²) in [7, 11) is 1.86. The monoisotopic (exact) mass is 281 g/mol. The Morgan fingerprint density at radius 1 is 1.47 bits per heavy atom.